The van der Waals surface area contributed by atoms with Crippen molar-refractivity contribution in [1.82, 2.24) is 20.6 Å². The van der Waals surface area contributed by atoms with E-state index >= 15 is 0 Å². The van der Waals surface area contributed by atoms with Crippen LogP contribution in [0, 0.1) is 27.7 Å². The smallest absolute Gasteiger partial charge is 0.191 e. The van der Waals surface area contributed by atoms with Crippen LogP contribution in [-0.2, 0) is 13.0 Å². The Balaban J connectivity index is 0.00000288. The van der Waals surface area contributed by atoms with E-state index in [4.69, 9.17) is 0 Å². The Hall–Kier alpha value is -0.740. The molecule has 134 valence electrons. The van der Waals surface area contributed by atoms with Gasteiger partial charge in [-0.15, -0.1) is 46.7 Å². The van der Waals surface area contributed by atoms with Crippen LogP contribution in [0.3, 0.4) is 0 Å². The first kappa shape index (κ1) is 21.3. The van der Waals surface area contributed by atoms with Crippen molar-refractivity contribution in [3.8, 4) is 0 Å². The molecular formula is C16H26IN5S2. The highest BCUT2D eigenvalue weighted by Gasteiger charge is 2.06. The van der Waals surface area contributed by atoms with E-state index in [-0.39, 0.29) is 24.0 Å². The van der Waals surface area contributed by atoms with Gasteiger partial charge in [0.15, 0.2) is 5.96 Å². The highest BCUT2D eigenvalue weighted by atomic mass is 127. The monoisotopic (exact) mass is 479 g/mol. The maximum absolute atomic E-state index is 4.67. The zero-order valence-electron chi connectivity index (χ0n) is 14.9. The van der Waals surface area contributed by atoms with Gasteiger partial charge in [-0.2, -0.15) is 0 Å². The summed E-state index contributed by atoms with van der Waals surface area (Å²) in [5.74, 6) is 0.858. The van der Waals surface area contributed by atoms with Gasteiger partial charge in [0.1, 0.15) is 0 Å². The molecule has 24 heavy (non-hydrogen) atoms. The van der Waals surface area contributed by atoms with Gasteiger partial charge in [0.05, 0.1) is 27.9 Å². The molecule has 2 aromatic rings. The molecule has 8 heteroatoms. The van der Waals surface area contributed by atoms with Crippen molar-refractivity contribution < 1.29 is 0 Å². The van der Waals surface area contributed by atoms with Crippen LogP contribution >= 0.6 is 46.7 Å². The summed E-state index contributed by atoms with van der Waals surface area (Å²) in [6.07, 6.45) is 0.973. The largest absolute Gasteiger partial charge is 0.357 e. The van der Waals surface area contributed by atoms with Crippen LogP contribution in [0.1, 0.15) is 38.1 Å². The summed E-state index contributed by atoms with van der Waals surface area (Å²) in [4.78, 5) is 16.2. The predicted octanol–water partition coefficient (Wildman–Crippen LogP) is 3.75. The molecule has 0 aliphatic heterocycles. The summed E-state index contributed by atoms with van der Waals surface area (Å²) in [6.45, 7) is 12.7. The third-order valence-corrected chi connectivity index (χ3v) is 5.56. The summed E-state index contributed by atoms with van der Waals surface area (Å²) in [5, 5.41) is 8.93. The molecule has 0 radical (unpaired) electrons. The third kappa shape index (κ3) is 6.29. The van der Waals surface area contributed by atoms with Gasteiger partial charge in [-0.3, -0.25) is 0 Å². The van der Waals surface area contributed by atoms with Crippen LogP contribution in [0.5, 0.6) is 0 Å². The molecule has 2 rings (SSSR count). The van der Waals surface area contributed by atoms with Crippen molar-refractivity contribution in [2.75, 3.05) is 13.1 Å². The number of guanidine groups is 1. The average Bonchev–Trinajstić information content (AvgIpc) is 2.97. The van der Waals surface area contributed by atoms with Crippen LogP contribution < -0.4 is 10.6 Å². The Morgan fingerprint density at radius 2 is 1.54 bits per heavy atom. The molecular weight excluding hydrogens is 453 g/mol. The Bertz CT molecular complexity index is 678. The van der Waals surface area contributed by atoms with E-state index < -0.39 is 0 Å². The molecule has 0 atom stereocenters. The molecule has 0 fully saturated rings. The van der Waals surface area contributed by atoms with E-state index in [1.165, 1.54) is 9.75 Å². The van der Waals surface area contributed by atoms with E-state index in [1.54, 1.807) is 22.7 Å². The number of aryl methyl sites for hydroxylation is 4. The lowest BCUT2D eigenvalue weighted by atomic mass is 10.3. The van der Waals surface area contributed by atoms with E-state index in [9.17, 15) is 0 Å². The second-order valence-electron chi connectivity index (χ2n) is 5.35. The molecule has 0 saturated carbocycles. The first-order valence-electron chi connectivity index (χ1n) is 7.87. The quantitative estimate of drug-likeness (QED) is 0.377. The molecule has 0 aliphatic rings. The number of aliphatic imine (C=N–C) groups is 1. The van der Waals surface area contributed by atoms with Crippen molar-refractivity contribution in [1.29, 1.82) is 0 Å². The van der Waals surface area contributed by atoms with Gasteiger partial charge in [0, 0.05) is 29.3 Å². The Kier molecular flexibility index (Phi) is 9.14. The first-order chi connectivity index (χ1) is 11.0. The van der Waals surface area contributed by atoms with Gasteiger partial charge in [-0.05, 0) is 34.6 Å². The third-order valence-electron chi connectivity index (χ3n) is 3.37. The van der Waals surface area contributed by atoms with E-state index in [0.717, 1.165) is 46.9 Å². The molecule has 2 heterocycles. The van der Waals surface area contributed by atoms with Gasteiger partial charge in [-0.1, -0.05) is 0 Å². The maximum atomic E-state index is 4.67. The van der Waals surface area contributed by atoms with E-state index in [1.807, 2.05) is 13.8 Å². The lowest BCUT2D eigenvalue weighted by Gasteiger charge is -2.10. The summed E-state index contributed by atoms with van der Waals surface area (Å²) in [6, 6.07) is 0. The lowest BCUT2D eigenvalue weighted by molar-refractivity contribution is 0.802. The highest BCUT2D eigenvalue weighted by molar-refractivity contribution is 14.0. The normalized spacial score (nSPS) is 11.3. The van der Waals surface area contributed by atoms with E-state index in [2.05, 4.69) is 46.4 Å². The molecule has 0 saturated heterocycles. The second-order valence-corrected chi connectivity index (χ2v) is 7.93. The fourth-order valence-electron chi connectivity index (χ4n) is 2.31. The molecule has 0 spiro atoms. The number of thiazole rings is 2. The van der Waals surface area contributed by atoms with Crippen LogP contribution in [0.4, 0.5) is 0 Å². The molecule has 0 unspecified atom stereocenters. The summed E-state index contributed by atoms with van der Waals surface area (Å²) in [7, 11) is 0. The minimum Gasteiger partial charge on any atom is -0.357 e. The molecule has 0 aliphatic carbocycles. The topological polar surface area (TPSA) is 62.2 Å². The summed E-state index contributed by atoms with van der Waals surface area (Å²) in [5.41, 5.74) is 2.23. The summed E-state index contributed by atoms with van der Waals surface area (Å²) < 4.78 is 0. The van der Waals surface area contributed by atoms with Gasteiger partial charge >= 0.3 is 0 Å². The molecule has 0 amide bonds. The van der Waals surface area contributed by atoms with E-state index in [0.29, 0.717) is 6.54 Å². The lowest BCUT2D eigenvalue weighted by Crippen LogP contribution is -2.38. The average molecular weight is 479 g/mol. The summed E-state index contributed by atoms with van der Waals surface area (Å²) >= 11 is 3.50. The van der Waals surface area contributed by atoms with Gasteiger partial charge in [-0.25, -0.2) is 15.0 Å². The zero-order chi connectivity index (χ0) is 16.8. The number of hydrogen-bond donors (Lipinski definition) is 2. The minimum atomic E-state index is 0. The van der Waals surface area contributed by atoms with Crippen LogP contribution in [0.25, 0.3) is 0 Å². The number of aromatic nitrogens is 2. The molecule has 0 aromatic carbocycles. The van der Waals surface area contributed by atoms with Gasteiger partial charge in [0.25, 0.3) is 0 Å². The van der Waals surface area contributed by atoms with Gasteiger partial charge < -0.3 is 10.6 Å². The zero-order valence-corrected chi connectivity index (χ0v) is 18.9. The maximum Gasteiger partial charge on any atom is 0.191 e. The van der Waals surface area contributed by atoms with Crippen LogP contribution in [0.15, 0.2) is 4.99 Å². The fourth-order valence-corrected chi connectivity index (χ4v) is 4.11. The first-order valence-corrected chi connectivity index (χ1v) is 9.51. The van der Waals surface area contributed by atoms with Crippen molar-refractivity contribution in [3.63, 3.8) is 0 Å². The van der Waals surface area contributed by atoms with Gasteiger partial charge in [0.2, 0.25) is 0 Å². The Morgan fingerprint density at radius 3 is 2.04 bits per heavy atom. The molecule has 5 nitrogen and oxygen atoms in total. The number of halogens is 1. The number of hydrogen-bond acceptors (Lipinski definition) is 5. The van der Waals surface area contributed by atoms with Crippen molar-refractivity contribution in [2.45, 2.75) is 47.6 Å². The minimum absolute atomic E-state index is 0. The molecule has 2 N–H and O–H groups in total. The van der Waals surface area contributed by atoms with Crippen molar-refractivity contribution in [3.05, 3.63) is 31.2 Å². The number of nitrogens with zero attached hydrogens (tertiary/aromatic N) is 3. The number of nitrogens with one attached hydrogen (secondary N) is 2. The molecule has 0 bridgehead atoms. The Labute approximate surface area is 169 Å². The standard InChI is InChI=1S/C16H25N5S2.HI/c1-6-17-16(19-9-15-11(3)21-13(5)23-15)18-8-7-14-10(2)20-12(4)22-14;/h6-9H2,1-5H3,(H2,17,18,19);1H. The Morgan fingerprint density at radius 1 is 0.958 bits per heavy atom. The number of rotatable bonds is 6. The van der Waals surface area contributed by atoms with Crippen LogP contribution in [0.2, 0.25) is 0 Å². The van der Waals surface area contributed by atoms with Crippen LogP contribution in [-0.4, -0.2) is 29.0 Å². The second kappa shape index (κ2) is 10.3. The fraction of sp³-hybridized carbons (Fsp3) is 0.562. The predicted molar refractivity (Wildman–Crippen MR) is 115 cm³/mol. The SMILES string of the molecule is CCNC(=NCc1sc(C)nc1C)NCCc1sc(C)nc1C.I. The molecule has 2 aromatic heterocycles. The highest BCUT2D eigenvalue weighted by Crippen LogP contribution is 2.18. The van der Waals surface area contributed by atoms with Crippen molar-refractivity contribution in [2.24, 2.45) is 4.99 Å². The van der Waals surface area contributed by atoms with Crippen molar-refractivity contribution >= 4 is 52.6 Å².